The van der Waals surface area contributed by atoms with Crippen molar-refractivity contribution in [2.45, 2.75) is 76.9 Å². The number of Topliss-reactive ketones (excluding diaryl/α,β-unsaturated/α-hetero) is 1. The molecule has 0 aromatic rings. The van der Waals surface area contributed by atoms with Crippen LogP contribution in [0, 0.1) is 0 Å². The Labute approximate surface area is 105 Å². The van der Waals surface area contributed by atoms with Crippen molar-refractivity contribution in [2.24, 2.45) is 0 Å². The normalized spacial score (nSPS) is 26.6. The van der Waals surface area contributed by atoms with Gasteiger partial charge in [-0.25, -0.2) is 0 Å². The number of ether oxygens (including phenoxy) is 1. The summed E-state index contributed by atoms with van der Waals surface area (Å²) in [6.07, 6.45) is 8.56. The van der Waals surface area contributed by atoms with Crippen molar-refractivity contribution in [2.75, 3.05) is 6.61 Å². The van der Waals surface area contributed by atoms with Crippen LogP contribution in [0.3, 0.4) is 0 Å². The predicted molar refractivity (Wildman–Crippen MR) is 68.0 cm³/mol. The van der Waals surface area contributed by atoms with Crippen LogP contribution in [0.4, 0.5) is 0 Å². The molecular formula is C14H26O3. The van der Waals surface area contributed by atoms with Crippen molar-refractivity contribution in [3.8, 4) is 0 Å². The van der Waals surface area contributed by atoms with Crippen LogP contribution in [-0.4, -0.2) is 29.7 Å². The van der Waals surface area contributed by atoms with Gasteiger partial charge in [-0.15, -0.1) is 0 Å². The average Bonchev–Trinajstić information content (AvgIpc) is 2.27. The maximum absolute atomic E-state index is 11.6. The van der Waals surface area contributed by atoms with Crippen LogP contribution in [0.5, 0.6) is 0 Å². The summed E-state index contributed by atoms with van der Waals surface area (Å²) in [5.41, 5.74) is 0. The molecule has 1 saturated heterocycles. The zero-order chi connectivity index (χ0) is 12.5. The Hall–Kier alpha value is -0.410. The molecule has 3 heteroatoms. The summed E-state index contributed by atoms with van der Waals surface area (Å²) in [5.74, 6) is 0.342. The summed E-state index contributed by atoms with van der Waals surface area (Å²) < 4.78 is 5.97. The van der Waals surface area contributed by atoms with Crippen molar-refractivity contribution in [1.29, 1.82) is 0 Å². The number of unbranched alkanes of at least 4 members (excludes halogenated alkanes) is 2. The van der Waals surface area contributed by atoms with Crippen LogP contribution >= 0.6 is 0 Å². The molecular weight excluding hydrogens is 216 g/mol. The minimum atomic E-state index is 0.0888. The minimum absolute atomic E-state index is 0.0888. The number of rotatable bonds is 6. The molecule has 1 aliphatic rings. The van der Waals surface area contributed by atoms with E-state index < -0.39 is 0 Å². The van der Waals surface area contributed by atoms with Crippen molar-refractivity contribution in [1.82, 2.24) is 0 Å². The van der Waals surface area contributed by atoms with E-state index >= 15 is 0 Å². The number of carbonyl (C=O) groups is 1. The van der Waals surface area contributed by atoms with Gasteiger partial charge in [0.2, 0.25) is 0 Å². The summed E-state index contributed by atoms with van der Waals surface area (Å²) in [6.45, 7) is 2.36. The maximum atomic E-state index is 11.6. The number of carbonyl (C=O) groups excluding carboxylic acids is 1. The van der Waals surface area contributed by atoms with Crippen molar-refractivity contribution in [3.05, 3.63) is 0 Å². The Bertz CT molecular complexity index is 216. The number of ketones is 1. The van der Waals surface area contributed by atoms with Crippen LogP contribution in [0.15, 0.2) is 0 Å². The topological polar surface area (TPSA) is 46.5 Å². The van der Waals surface area contributed by atoms with Crippen molar-refractivity contribution >= 4 is 5.78 Å². The van der Waals surface area contributed by atoms with Gasteiger partial charge >= 0.3 is 0 Å². The third kappa shape index (κ3) is 6.18. The molecule has 100 valence electrons. The van der Waals surface area contributed by atoms with E-state index in [0.29, 0.717) is 25.0 Å². The second kappa shape index (κ2) is 8.65. The monoisotopic (exact) mass is 242 g/mol. The minimum Gasteiger partial charge on any atom is -0.396 e. The molecule has 17 heavy (non-hydrogen) atoms. The van der Waals surface area contributed by atoms with Gasteiger partial charge in [-0.05, 0) is 25.7 Å². The lowest BCUT2D eigenvalue weighted by Crippen LogP contribution is -2.28. The van der Waals surface area contributed by atoms with E-state index in [9.17, 15) is 4.79 Å². The van der Waals surface area contributed by atoms with Gasteiger partial charge in [0.25, 0.3) is 0 Å². The lowest BCUT2D eigenvalue weighted by Gasteiger charge is -2.26. The Morgan fingerprint density at radius 1 is 1.29 bits per heavy atom. The molecule has 0 bridgehead atoms. The van der Waals surface area contributed by atoms with Crippen molar-refractivity contribution < 1.29 is 14.6 Å². The first-order valence-corrected chi connectivity index (χ1v) is 7.04. The Kier molecular flexibility index (Phi) is 7.45. The number of aliphatic hydroxyl groups excluding tert-OH is 1. The molecule has 0 aliphatic carbocycles. The first-order valence-electron chi connectivity index (χ1n) is 7.04. The molecule has 1 rings (SSSR count). The van der Waals surface area contributed by atoms with Gasteiger partial charge in [-0.2, -0.15) is 0 Å². The zero-order valence-electron chi connectivity index (χ0n) is 11.0. The molecule has 0 aromatic carbocycles. The standard InChI is InChI=1S/C14H26O3/c1-2-3-4-7-14-11-12(16)6-5-8-13(17-14)9-10-15/h13-15H,2-11H2,1H3/t13-,14+/m0/s1. The SMILES string of the molecule is CCCCC[C@@H]1CC(=O)CCC[C@@H](CCO)O1. The third-order valence-electron chi connectivity index (χ3n) is 3.40. The second-order valence-electron chi connectivity index (χ2n) is 5.02. The Balaban J connectivity index is 2.40. The quantitative estimate of drug-likeness (QED) is 0.728. The molecule has 3 nitrogen and oxygen atoms in total. The molecule has 0 saturated carbocycles. The molecule has 1 fully saturated rings. The highest BCUT2D eigenvalue weighted by Crippen LogP contribution is 2.21. The summed E-state index contributed by atoms with van der Waals surface area (Å²) in [6, 6.07) is 0. The number of hydrogen-bond donors (Lipinski definition) is 1. The third-order valence-corrected chi connectivity index (χ3v) is 3.40. The molecule has 1 N–H and O–H groups in total. The molecule has 0 spiro atoms. The van der Waals surface area contributed by atoms with Crippen LogP contribution in [0.2, 0.25) is 0 Å². The molecule has 0 aromatic heterocycles. The summed E-state index contributed by atoms with van der Waals surface area (Å²) in [4.78, 5) is 11.6. The number of hydrogen-bond acceptors (Lipinski definition) is 3. The largest absolute Gasteiger partial charge is 0.396 e. The molecule has 1 aliphatic heterocycles. The highest BCUT2D eigenvalue weighted by atomic mass is 16.5. The average molecular weight is 242 g/mol. The second-order valence-corrected chi connectivity index (χ2v) is 5.02. The highest BCUT2D eigenvalue weighted by Gasteiger charge is 2.22. The molecule has 0 radical (unpaired) electrons. The Morgan fingerprint density at radius 2 is 2.12 bits per heavy atom. The maximum Gasteiger partial charge on any atom is 0.135 e. The van der Waals surface area contributed by atoms with E-state index in [0.717, 1.165) is 25.7 Å². The van der Waals surface area contributed by atoms with E-state index in [-0.39, 0.29) is 18.8 Å². The van der Waals surface area contributed by atoms with E-state index in [1.54, 1.807) is 0 Å². The fourth-order valence-electron chi connectivity index (χ4n) is 2.42. The number of aliphatic hydroxyl groups is 1. The summed E-state index contributed by atoms with van der Waals surface area (Å²) >= 11 is 0. The lowest BCUT2D eigenvalue weighted by atomic mass is 9.98. The lowest BCUT2D eigenvalue weighted by molar-refractivity contribution is -0.126. The zero-order valence-corrected chi connectivity index (χ0v) is 11.0. The van der Waals surface area contributed by atoms with Gasteiger partial charge < -0.3 is 9.84 Å². The molecule has 2 atom stereocenters. The van der Waals surface area contributed by atoms with Gasteiger partial charge in [-0.3, -0.25) is 4.79 Å². The fourth-order valence-corrected chi connectivity index (χ4v) is 2.42. The first kappa shape index (κ1) is 14.7. The van der Waals surface area contributed by atoms with E-state index in [1.165, 1.54) is 12.8 Å². The van der Waals surface area contributed by atoms with E-state index in [1.807, 2.05) is 0 Å². The van der Waals surface area contributed by atoms with Crippen LogP contribution < -0.4 is 0 Å². The summed E-state index contributed by atoms with van der Waals surface area (Å²) in [5, 5.41) is 8.99. The van der Waals surface area contributed by atoms with Crippen molar-refractivity contribution in [3.63, 3.8) is 0 Å². The van der Waals surface area contributed by atoms with Gasteiger partial charge in [0.05, 0.1) is 12.2 Å². The van der Waals surface area contributed by atoms with Crippen LogP contribution in [0.1, 0.15) is 64.7 Å². The van der Waals surface area contributed by atoms with Crippen LogP contribution in [0.25, 0.3) is 0 Å². The van der Waals surface area contributed by atoms with E-state index in [4.69, 9.17) is 9.84 Å². The Morgan fingerprint density at radius 3 is 2.82 bits per heavy atom. The van der Waals surface area contributed by atoms with Gasteiger partial charge in [0.15, 0.2) is 0 Å². The smallest absolute Gasteiger partial charge is 0.135 e. The fraction of sp³-hybridized carbons (Fsp3) is 0.929. The first-order chi connectivity index (χ1) is 8.26. The highest BCUT2D eigenvalue weighted by molar-refractivity contribution is 5.78. The van der Waals surface area contributed by atoms with Gasteiger partial charge in [0, 0.05) is 19.4 Å². The van der Waals surface area contributed by atoms with Crippen LogP contribution in [-0.2, 0) is 9.53 Å². The van der Waals surface area contributed by atoms with Gasteiger partial charge in [-0.1, -0.05) is 26.2 Å². The molecule has 1 heterocycles. The summed E-state index contributed by atoms with van der Waals surface area (Å²) in [7, 11) is 0. The van der Waals surface area contributed by atoms with E-state index in [2.05, 4.69) is 6.92 Å². The predicted octanol–water partition coefficient (Wildman–Crippen LogP) is 2.85. The van der Waals surface area contributed by atoms with Gasteiger partial charge in [0.1, 0.15) is 5.78 Å². The molecule has 0 amide bonds. The molecule has 0 unspecified atom stereocenters.